The third-order valence-electron chi connectivity index (χ3n) is 3.40. The van der Waals surface area contributed by atoms with Crippen molar-refractivity contribution >= 4 is 23.4 Å². The number of hydrazone groups is 1. The van der Waals surface area contributed by atoms with Crippen LogP contribution in [0.4, 0.5) is 13.2 Å². The van der Waals surface area contributed by atoms with E-state index >= 15 is 0 Å². The highest BCUT2D eigenvalue weighted by atomic mass is 32.2. The van der Waals surface area contributed by atoms with Crippen LogP contribution in [0.1, 0.15) is 22.5 Å². The summed E-state index contributed by atoms with van der Waals surface area (Å²) in [7, 11) is 0. The Morgan fingerprint density at radius 1 is 1.29 bits per heavy atom. The lowest BCUT2D eigenvalue weighted by atomic mass is 10.2. The Hall–Kier alpha value is -2.29. The molecule has 5 nitrogen and oxygen atoms in total. The van der Waals surface area contributed by atoms with Gasteiger partial charge in [0.2, 0.25) is 0 Å². The second-order valence-corrected chi connectivity index (χ2v) is 6.18. The third kappa shape index (κ3) is 3.45. The maximum Gasteiger partial charge on any atom is 0.434 e. The van der Waals surface area contributed by atoms with E-state index in [0.717, 1.165) is 24.1 Å². The van der Waals surface area contributed by atoms with Gasteiger partial charge in [0, 0.05) is 11.5 Å². The molecule has 24 heavy (non-hydrogen) atoms. The summed E-state index contributed by atoms with van der Waals surface area (Å²) < 4.78 is 41.1. The van der Waals surface area contributed by atoms with Crippen LogP contribution in [-0.4, -0.2) is 32.9 Å². The normalized spacial score (nSPS) is 16.5. The molecule has 0 radical (unpaired) electrons. The van der Waals surface area contributed by atoms with Crippen LogP contribution in [0.2, 0.25) is 0 Å². The fraction of sp³-hybridized carbons (Fsp3) is 0.267. The highest BCUT2D eigenvalue weighted by molar-refractivity contribution is 8.00. The van der Waals surface area contributed by atoms with Crippen molar-refractivity contribution in [3.05, 3.63) is 47.8 Å². The van der Waals surface area contributed by atoms with Crippen molar-refractivity contribution < 1.29 is 18.0 Å². The summed E-state index contributed by atoms with van der Waals surface area (Å²) in [5, 5.41) is 7.63. The van der Waals surface area contributed by atoms with Crippen LogP contribution < -0.4 is 5.43 Å². The fourth-order valence-corrected chi connectivity index (χ4v) is 3.25. The third-order valence-corrected chi connectivity index (χ3v) is 4.43. The van der Waals surface area contributed by atoms with Crippen molar-refractivity contribution in [3.63, 3.8) is 0 Å². The molecular weight excluding hydrogens is 341 g/mol. The molecule has 1 aromatic heterocycles. The van der Waals surface area contributed by atoms with Crippen molar-refractivity contribution in [1.82, 2.24) is 15.2 Å². The Bertz CT molecular complexity index is 763. The van der Waals surface area contributed by atoms with Crippen LogP contribution in [0.25, 0.3) is 5.69 Å². The number of benzene rings is 1. The predicted molar refractivity (Wildman–Crippen MR) is 85.4 cm³/mol. The summed E-state index contributed by atoms with van der Waals surface area (Å²) in [6, 6.07) is 7.85. The second-order valence-electron chi connectivity index (χ2n) is 5.07. The SMILES string of the molecule is O=C(NN=C1CCSC1)c1cnn(-c2ccccc2)c1C(F)(F)F. The quantitative estimate of drug-likeness (QED) is 0.862. The first-order valence-electron chi connectivity index (χ1n) is 7.11. The summed E-state index contributed by atoms with van der Waals surface area (Å²) in [4.78, 5) is 12.1. The smallest absolute Gasteiger partial charge is 0.267 e. The highest BCUT2D eigenvalue weighted by Gasteiger charge is 2.40. The molecule has 0 atom stereocenters. The van der Waals surface area contributed by atoms with E-state index < -0.39 is 23.3 Å². The van der Waals surface area contributed by atoms with Crippen LogP contribution in [0, 0.1) is 0 Å². The summed E-state index contributed by atoms with van der Waals surface area (Å²) >= 11 is 1.66. The lowest BCUT2D eigenvalue weighted by Gasteiger charge is -2.12. The Balaban J connectivity index is 1.94. The van der Waals surface area contributed by atoms with E-state index in [1.54, 1.807) is 30.0 Å². The van der Waals surface area contributed by atoms with E-state index in [4.69, 9.17) is 0 Å². The van der Waals surface area contributed by atoms with E-state index in [0.29, 0.717) is 10.4 Å². The zero-order valence-corrected chi connectivity index (χ0v) is 13.2. The molecule has 0 saturated carbocycles. The Morgan fingerprint density at radius 2 is 2.04 bits per heavy atom. The number of nitrogens with one attached hydrogen (secondary N) is 1. The largest absolute Gasteiger partial charge is 0.434 e. The monoisotopic (exact) mass is 354 g/mol. The Labute approximate surface area is 139 Å². The first-order valence-corrected chi connectivity index (χ1v) is 8.26. The maximum atomic E-state index is 13.4. The van der Waals surface area contributed by atoms with Crippen LogP contribution in [0.3, 0.4) is 0 Å². The van der Waals surface area contributed by atoms with Gasteiger partial charge in [-0.15, -0.1) is 0 Å². The number of carbonyl (C=O) groups excluding carboxylic acids is 1. The first kappa shape index (κ1) is 16.6. The molecule has 2 aromatic rings. The summed E-state index contributed by atoms with van der Waals surface area (Å²) in [6.45, 7) is 0. The number of amides is 1. The van der Waals surface area contributed by atoms with Gasteiger partial charge in [-0.25, -0.2) is 10.1 Å². The summed E-state index contributed by atoms with van der Waals surface area (Å²) in [5.41, 5.74) is 1.51. The molecule has 1 N–H and O–H groups in total. The molecule has 1 saturated heterocycles. The molecule has 0 unspecified atom stereocenters. The lowest BCUT2D eigenvalue weighted by Crippen LogP contribution is -2.24. The zero-order chi connectivity index (χ0) is 17.2. The average Bonchev–Trinajstić information content (AvgIpc) is 3.22. The van der Waals surface area contributed by atoms with Gasteiger partial charge < -0.3 is 0 Å². The minimum atomic E-state index is -4.73. The number of aromatic nitrogens is 2. The zero-order valence-electron chi connectivity index (χ0n) is 12.4. The number of alkyl halides is 3. The minimum absolute atomic E-state index is 0.224. The van der Waals surface area contributed by atoms with Gasteiger partial charge in [0.15, 0.2) is 5.69 Å². The molecule has 0 aliphatic carbocycles. The maximum absolute atomic E-state index is 13.4. The van der Waals surface area contributed by atoms with E-state index in [-0.39, 0.29) is 5.69 Å². The molecule has 2 heterocycles. The minimum Gasteiger partial charge on any atom is -0.267 e. The van der Waals surface area contributed by atoms with E-state index in [1.807, 2.05) is 0 Å². The van der Waals surface area contributed by atoms with Crippen molar-refractivity contribution in [2.24, 2.45) is 5.10 Å². The van der Waals surface area contributed by atoms with Crippen LogP contribution >= 0.6 is 11.8 Å². The average molecular weight is 354 g/mol. The topological polar surface area (TPSA) is 59.3 Å². The van der Waals surface area contributed by atoms with Crippen molar-refractivity contribution in [1.29, 1.82) is 0 Å². The molecule has 3 rings (SSSR count). The molecule has 0 bridgehead atoms. The standard InChI is InChI=1S/C15H13F3N4OS/c16-15(17,18)13-12(14(23)21-20-10-6-7-24-9-10)8-19-22(13)11-4-2-1-3-5-11/h1-5,8H,6-7,9H2,(H,21,23). The highest BCUT2D eigenvalue weighted by Crippen LogP contribution is 2.33. The van der Waals surface area contributed by atoms with Crippen LogP contribution in [0.5, 0.6) is 0 Å². The molecule has 1 amide bonds. The Morgan fingerprint density at radius 3 is 2.67 bits per heavy atom. The van der Waals surface area contributed by atoms with Gasteiger partial charge in [0.25, 0.3) is 5.91 Å². The molecule has 126 valence electrons. The molecule has 1 aromatic carbocycles. The molecule has 1 aliphatic heterocycles. The lowest BCUT2D eigenvalue weighted by molar-refractivity contribution is -0.143. The molecular formula is C15H13F3N4OS. The Kier molecular flexibility index (Phi) is 4.61. The van der Waals surface area contributed by atoms with Gasteiger partial charge in [-0.05, 0) is 24.3 Å². The number of halogens is 3. The molecule has 1 aliphatic rings. The fourth-order valence-electron chi connectivity index (χ4n) is 2.28. The molecule has 9 heteroatoms. The van der Waals surface area contributed by atoms with Crippen molar-refractivity contribution in [3.8, 4) is 5.69 Å². The number of hydrogen-bond acceptors (Lipinski definition) is 4. The number of thioether (sulfide) groups is 1. The van der Waals surface area contributed by atoms with Gasteiger partial charge in [-0.2, -0.15) is 35.1 Å². The summed E-state index contributed by atoms with van der Waals surface area (Å²) in [5.74, 6) is 0.651. The van der Waals surface area contributed by atoms with E-state index in [2.05, 4.69) is 15.6 Å². The molecule has 0 spiro atoms. The number of para-hydroxylation sites is 1. The van der Waals surface area contributed by atoms with Gasteiger partial charge in [0.1, 0.15) is 0 Å². The molecule has 1 fully saturated rings. The predicted octanol–water partition coefficient (Wildman–Crippen LogP) is 3.11. The van der Waals surface area contributed by atoms with Crippen molar-refractivity contribution in [2.75, 3.05) is 11.5 Å². The van der Waals surface area contributed by atoms with E-state index in [1.165, 1.54) is 12.1 Å². The van der Waals surface area contributed by atoms with Gasteiger partial charge in [-0.1, -0.05) is 18.2 Å². The number of carbonyl (C=O) groups is 1. The second kappa shape index (κ2) is 6.68. The van der Waals surface area contributed by atoms with Crippen molar-refractivity contribution in [2.45, 2.75) is 12.6 Å². The van der Waals surface area contributed by atoms with E-state index in [9.17, 15) is 18.0 Å². The number of rotatable bonds is 3. The first-order chi connectivity index (χ1) is 11.5. The number of hydrogen-bond donors (Lipinski definition) is 1. The van der Waals surface area contributed by atoms with Crippen LogP contribution in [0.15, 0.2) is 41.6 Å². The van der Waals surface area contributed by atoms with Crippen LogP contribution in [-0.2, 0) is 6.18 Å². The van der Waals surface area contributed by atoms with Gasteiger partial charge in [-0.3, -0.25) is 4.79 Å². The summed E-state index contributed by atoms with van der Waals surface area (Å²) in [6.07, 6.45) is -3.09. The van der Waals surface area contributed by atoms with Gasteiger partial charge in [0.05, 0.1) is 17.4 Å². The number of nitrogens with zero attached hydrogens (tertiary/aromatic N) is 3. The van der Waals surface area contributed by atoms with Gasteiger partial charge >= 0.3 is 6.18 Å².